The van der Waals surface area contributed by atoms with E-state index in [4.69, 9.17) is 0 Å². The minimum absolute atomic E-state index is 0.996. The Bertz CT molecular complexity index is 190. The molecule has 0 saturated carbocycles. The van der Waals surface area contributed by atoms with Gasteiger partial charge in [-0.3, -0.25) is 9.89 Å². The molecule has 3 heteroatoms. The van der Waals surface area contributed by atoms with Crippen molar-refractivity contribution in [2.24, 2.45) is 4.99 Å². The maximum atomic E-state index is 4.01. The van der Waals surface area contributed by atoms with Crippen LogP contribution in [0.2, 0.25) is 0 Å². The van der Waals surface area contributed by atoms with E-state index < -0.39 is 0 Å². The fraction of sp³-hybridized carbons (Fsp3) is 0.500. The van der Waals surface area contributed by atoms with Crippen molar-refractivity contribution in [2.45, 2.75) is 0 Å². The SMILES string of the molecule is C=CC=N/C=C\CN1CCNCC1. The van der Waals surface area contributed by atoms with Gasteiger partial charge in [-0.05, 0) is 0 Å². The van der Waals surface area contributed by atoms with Crippen molar-refractivity contribution in [3.63, 3.8) is 0 Å². The van der Waals surface area contributed by atoms with Crippen molar-refractivity contribution < 1.29 is 0 Å². The lowest BCUT2D eigenvalue weighted by Crippen LogP contribution is -2.43. The van der Waals surface area contributed by atoms with Crippen molar-refractivity contribution in [1.29, 1.82) is 0 Å². The first-order chi connectivity index (χ1) is 6.43. The fourth-order valence-corrected chi connectivity index (χ4v) is 1.26. The molecule has 13 heavy (non-hydrogen) atoms. The maximum absolute atomic E-state index is 4.01. The zero-order valence-electron chi connectivity index (χ0n) is 7.95. The number of nitrogens with zero attached hydrogens (tertiary/aromatic N) is 2. The predicted molar refractivity (Wildman–Crippen MR) is 57.1 cm³/mol. The van der Waals surface area contributed by atoms with Crippen LogP contribution >= 0.6 is 0 Å². The Morgan fingerprint density at radius 1 is 1.38 bits per heavy atom. The standard InChI is InChI=1S/C10H17N3/c1-2-4-11-5-3-8-13-9-6-12-7-10-13/h2-5,12H,1,6-10H2/b5-3-,11-4?. The number of piperazine rings is 1. The van der Waals surface area contributed by atoms with Gasteiger partial charge < -0.3 is 5.32 Å². The first-order valence-electron chi connectivity index (χ1n) is 4.66. The largest absolute Gasteiger partial charge is 0.314 e. The van der Waals surface area contributed by atoms with Crippen molar-refractivity contribution in [2.75, 3.05) is 32.7 Å². The highest BCUT2D eigenvalue weighted by Gasteiger charge is 2.05. The molecule has 1 heterocycles. The predicted octanol–water partition coefficient (Wildman–Crippen LogP) is 0.662. The van der Waals surface area contributed by atoms with Gasteiger partial charge in [0.05, 0.1) is 0 Å². The zero-order valence-corrected chi connectivity index (χ0v) is 7.95. The van der Waals surface area contributed by atoms with Crippen LogP contribution < -0.4 is 5.32 Å². The van der Waals surface area contributed by atoms with Crippen LogP contribution in [0.1, 0.15) is 0 Å². The number of aliphatic imine (C=N–C) groups is 1. The second-order valence-corrected chi connectivity index (χ2v) is 2.97. The molecule has 0 spiro atoms. The van der Waals surface area contributed by atoms with Gasteiger partial charge in [-0.15, -0.1) is 0 Å². The van der Waals surface area contributed by atoms with Gasteiger partial charge in [0.1, 0.15) is 0 Å². The van der Waals surface area contributed by atoms with E-state index in [0.29, 0.717) is 0 Å². The molecule has 3 nitrogen and oxygen atoms in total. The lowest BCUT2D eigenvalue weighted by Gasteiger charge is -2.25. The van der Waals surface area contributed by atoms with E-state index in [9.17, 15) is 0 Å². The summed E-state index contributed by atoms with van der Waals surface area (Å²) in [7, 11) is 0. The highest BCUT2D eigenvalue weighted by molar-refractivity contribution is 5.70. The molecule has 0 amide bonds. The summed E-state index contributed by atoms with van der Waals surface area (Å²) < 4.78 is 0. The Kier molecular flexibility index (Phi) is 5.13. The Morgan fingerprint density at radius 3 is 2.85 bits per heavy atom. The molecular weight excluding hydrogens is 162 g/mol. The van der Waals surface area contributed by atoms with Crippen molar-refractivity contribution in [3.8, 4) is 0 Å². The summed E-state index contributed by atoms with van der Waals surface area (Å²) >= 11 is 0. The Labute approximate surface area is 79.8 Å². The van der Waals surface area contributed by atoms with Crippen LogP contribution in [0.3, 0.4) is 0 Å². The first kappa shape index (κ1) is 10.2. The van der Waals surface area contributed by atoms with Crippen LogP contribution in [-0.4, -0.2) is 43.8 Å². The van der Waals surface area contributed by atoms with E-state index in [1.54, 1.807) is 12.3 Å². The molecule has 1 saturated heterocycles. The van der Waals surface area contributed by atoms with Crippen molar-refractivity contribution in [1.82, 2.24) is 10.2 Å². The van der Waals surface area contributed by atoms with E-state index in [2.05, 4.69) is 27.9 Å². The minimum Gasteiger partial charge on any atom is -0.314 e. The van der Waals surface area contributed by atoms with Gasteiger partial charge in [0, 0.05) is 45.1 Å². The van der Waals surface area contributed by atoms with Gasteiger partial charge >= 0.3 is 0 Å². The molecule has 0 aromatic carbocycles. The quantitative estimate of drug-likeness (QED) is 0.642. The Balaban J connectivity index is 2.13. The van der Waals surface area contributed by atoms with Crippen LogP contribution in [0.4, 0.5) is 0 Å². The van der Waals surface area contributed by atoms with Crippen LogP contribution in [0.25, 0.3) is 0 Å². The van der Waals surface area contributed by atoms with E-state index in [-0.39, 0.29) is 0 Å². The Morgan fingerprint density at radius 2 is 2.15 bits per heavy atom. The van der Waals surface area contributed by atoms with Gasteiger partial charge in [-0.2, -0.15) is 0 Å². The van der Waals surface area contributed by atoms with Crippen molar-refractivity contribution in [3.05, 3.63) is 24.9 Å². The first-order valence-corrected chi connectivity index (χ1v) is 4.66. The molecule has 0 unspecified atom stereocenters. The summed E-state index contributed by atoms with van der Waals surface area (Å²) in [6.45, 7) is 9.01. The third kappa shape index (κ3) is 4.60. The average molecular weight is 179 g/mol. The molecule has 0 bridgehead atoms. The molecule has 0 aromatic heterocycles. The smallest absolute Gasteiger partial charge is 0.0261 e. The average Bonchev–Trinajstić information content (AvgIpc) is 2.19. The normalized spacial score (nSPS) is 20.0. The molecular formula is C10H17N3. The van der Waals surface area contributed by atoms with E-state index in [1.807, 2.05) is 6.20 Å². The van der Waals surface area contributed by atoms with E-state index in [0.717, 1.165) is 32.7 Å². The monoisotopic (exact) mass is 179 g/mol. The third-order valence-corrected chi connectivity index (χ3v) is 1.96. The highest BCUT2D eigenvalue weighted by atomic mass is 15.2. The number of nitrogens with one attached hydrogen (secondary N) is 1. The minimum atomic E-state index is 0.996. The molecule has 72 valence electrons. The van der Waals surface area contributed by atoms with Crippen LogP contribution in [0.5, 0.6) is 0 Å². The van der Waals surface area contributed by atoms with E-state index >= 15 is 0 Å². The molecule has 1 aliphatic rings. The zero-order chi connectivity index (χ0) is 9.36. The van der Waals surface area contributed by atoms with Gasteiger partial charge in [-0.25, -0.2) is 0 Å². The van der Waals surface area contributed by atoms with Crippen LogP contribution in [0, 0.1) is 0 Å². The van der Waals surface area contributed by atoms with Gasteiger partial charge in [0.2, 0.25) is 0 Å². The van der Waals surface area contributed by atoms with Crippen LogP contribution in [0.15, 0.2) is 29.9 Å². The van der Waals surface area contributed by atoms with E-state index in [1.165, 1.54) is 0 Å². The molecule has 0 radical (unpaired) electrons. The Hall–Kier alpha value is -0.930. The molecule has 0 atom stereocenters. The molecule has 0 aromatic rings. The third-order valence-electron chi connectivity index (χ3n) is 1.96. The summed E-state index contributed by atoms with van der Waals surface area (Å²) in [5.74, 6) is 0. The topological polar surface area (TPSA) is 27.6 Å². The molecule has 1 aliphatic heterocycles. The summed E-state index contributed by atoms with van der Waals surface area (Å²) in [6, 6.07) is 0. The van der Waals surface area contributed by atoms with Crippen LogP contribution in [-0.2, 0) is 0 Å². The molecule has 1 N–H and O–H groups in total. The molecule has 1 fully saturated rings. The molecule has 1 rings (SSSR count). The number of allylic oxidation sites excluding steroid dienone is 1. The summed E-state index contributed by atoms with van der Waals surface area (Å²) in [6.07, 6.45) is 7.26. The lowest BCUT2D eigenvalue weighted by atomic mass is 10.3. The summed E-state index contributed by atoms with van der Waals surface area (Å²) in [5, 5.41) is 3.32. The maximum Gasteiger partial charge on any atom is 0.0261 e. The van der Waals surface area contributed by atoms with Gasteiger partial charge in [0.15, 0.2) is 0 Å². The number of hydrogen-bond donors (Lipinski definition) is 1. The van der Waals surface area contributed by atoms with Gasteiger partial charge in [0.25, 0.3) is 0 Å². The lowest BCUT2D eigenvalue weighted by molar-refractivity contribution is 0.264. The second-order valence-electron chi connectivity index (χ2n) is 2.97. The second kappa shape index (κ2) is 6.57. The molecule has 0 aliphatic carbocycles. The number of hydrogen-bond acceptors (Lipinski definition) is 3. The number of rotatable bonds is 4. The summed E-state index contributed by atoms with van der Waals surface area (Å²) in [4.78, 5) is 6.41. The van der Waals surface area contributed by atoms with Crippen molar-refractivity contribution >= 4 is 6.21 Å². The van der Waals surface area contributed by atoms with Gasteiger partial charge in [-0.1, -0.05) is 18.7 Å². The fourth-order valence-electron chi connectivity index (χ4n) is 1.26. The highest BCUT2D eigenvalue weighted by Crippen LogP contribution is 1.91. The summed E-state index contributed by atoms with van der Waals surface area (Å²) in [5.41, 5.74) is 0.